The van der Waals surface area contributed by atoms with Crippen molar-refractivity contribution in [3.05, 3.63) is 30.3 Å². The summed E-state index contributed by atoms with van der Waals surface area (Å²) in [5.74, 6) is -1.23. The lowest BCUT2D eigenvalue weighted by Crippen LogP contribution is -2.47. The van der Waals surface area contributed by atoms with E-state index in [0.717, 1.165) is 44.9 Å². The van der Waals surface area contributed by atoms with Gasteiger partial charge in [0.15, 0.2) is 0 Å². The van der Waals surface area contributed by atoms with Crippen molar-refractivity contribution in [2.24, 2.45) is 0 Å². The topological polar surface area (TPSA) is 95.6 Å². The molecular formula is C20H29N3O4S. The molecule has 0 radical (unpaired) electrons. The maximum absolute atomic E-state index is 13.0. The fraction of sp³-hybridized carbons (Fsp3) is 0.600. The van der Waals surface area contributed by atoms with E-state index in [2.05, 4.69) is 10.6 Å². The van der Waals surface area contributed by atoms with Gasteiger partial charge in [-0.25, -0.2) is 8.42 Å². The zero-order valence-corrected chi connectivity index (χ0v) is 16.9. The number of carbonyl (C=O) groups excluding carboxylic acids is 2. The lowest BCUT2D eigenvalue weighted by atomic mass is 10.0. The van der Waals surface area contributed by atoms with E-state index in [0.29, 0.717) is 17.9 Å². The van der Waals surface area contributed by atoms with E-state index >= 15 is 0 Å². The fourth-order valence-electron chi connectivity index (χ4n) is 4.06. The zero-order chi connectivity index (χ0) is 20.0. The summed E-state index contributed by atoms with van der Waals surface area (Å²) in [6.07, 6.45) is 7.06. The standard InChI is InChI=1S/C20H29N3O4S/c24-19(20(25)22-16-8-4-5-9-16)21-14-13-17-10-6-7-15-23(17)28(26,27)18-11-2-1-3-12-18/h1-3,11-12,16-17H,4-10,13-15H2,(H,21,24)(H,22,25)/t17-/m1/s1. The van der Waals surface area contributed by atoms with E-state index in [4.69, 9.17) is 0 Å². The first kappa shape index (κ1) is 20.8. The van der Waals surface area contributed by atoms with Gasteiger partial charge in [-0.2, -0.15) is 4.31 Å². The third kappa shape index (κ3) is 5.11. The van der Waals surface area contributed by atoms with Crippen molar-refractivity contribution in [2.45, 2.75) is 68.3 Å². The molecule has 1 aliphatic heterocycles. The minimum atomic E-state index is -3.55. The Bertz CT molecular complexity index is 776. The lowest BCUT2D eigenvalue weighted by Gasteiger charge is -2.34. The molecular weight excluding hydrogens is 378 g/mol. The van der Waals surface area contributed by atoms with Crippen molar-refractivity contribution in [1.29, 1.82) is 0 Å². The van der Waals surface area contributed by atoms with Gasteiger partial charge in [0.2, 0.25) is 10.0 Å². The average Bonchev–Trinajstić information content (AvgIpc) is 3.22. The Morgan fingerprint density at radius 3 is 2.36 bits per heavy atom. The number of piperidine rings is 1. The van der Waals surface area contributed by atoms with Gasteiger partial charge in [-0.05, 0) is 44.2 Å². The van der Waals surface area contributed by atoms with Crippen LogP contribution in [0.1, 0.15) is 51.4 Å². The largest absolute Gasteiger partial charge is 0.348 e. The van der Waals surface area contributed by atoms with Crippen LogP contribution >= 0.6 is 0 Å². The molecule has 1 aromatic carbocycles. The minimum absolute atomic E-state index is 0.100. The maximum Gasteiger partial charge on any atom is 0.309 e. The summed E-state index contributed by atoms with van der Waals surface area (Å²) >= 11 is 0. The number of amides is 2. The normalized spacial score (nSPS) is 21.4. The quantitative estimate of drug-likeness (QED) is 0.703. The Hall–Kier alpha value is -1.93. The molecule has 1 aliphatic carbocycles. The molecule has 1 heterocycles. The Kier molecular flexibility index (Phi) is 7.07. The van der Waals surface area contributed by atoms with Crippen molar-refractivity contribution in [1.82, 2.24) is 14.9 Å². The summed E-state index contributed by atoms with van der Waals surface area (Å²) in [6.45, 7) is 0.764. The van der Waals surface area contributed by atoms with Gasteiger partial charge < -0.3 is 10.6 Å². The molecule has 1 saturated heterocycles. The Morgan fingerprint density at radius 1 is 0.964 bits per heavy atom. The highest BCUT2D eigenvalue weighted by Crippen LogP contribution is 2.26. The first-order chi connectivity index (χ1) is 13.5. The molecule has 154 valence electrons. The first-order valence-corrected chi connectivity index (χ1v) is 11.6. The monoisotopic (exact) mass is 407 g/mol. The molecule has 2 amide bonds. The number of rotatable bonds is 6. The molecule has 28 heavy (non-hydrogen) atoms. The van der Waals surface area contributed by atoms with E-state index in [1.807, 2.05) is 0 Å². The SMILES string of the molecule is O=C(NCC[C@H]1CCCCN1S(=O)(=O)c1ccccc1)C(=O)NC1CCCC1. The summed E-state index contributed by atoms with van der Waals surface area (Å²) in [5, 5.41) is 5.41. The minimum Gasteiger partial charge on any atom is -0.348 e. The smallest absolute Gasteiger partial charge is 0.309 e. The number of nitrogens with zero attached hydrogens (tertiary/aromatic N) is 1. The number of benzene rings is 1. The predicted octanol–water partition coefficient (Wildman–Crippen LogP) is 1.79. The van der Waals surface area contributed by atoms with E-state index in [1.54, 1.807) is 34.6 Å². The molecule has 0 aromatic heterocycles. The van der Waals surface area contributed by atoms with Crippen molar-refractivity contribution in [3.63, 3.8) is 0 Å². The molecule has 0 spiro atoms. The molecule has 0 unspecified atom stereocenters. The van der Waals surface area contributed by atoms with Gasteiger partial charge in [0.05, 0.1) is 4.90 Å². The maximum atomic E-state index is 13.0. The second-order valence-corrected chi connectivity index (χ2v) is 9.47. The molecule has 1 aromatic rings. The highest BCUT2D eigenvalue weighted by Gasteiger charge is 2.33. The van der Waals surface area contributed by atoms with E-state index in [1.165, 1.54) is 0 Å². The molecule has 7 nitrogen and oxygen atoms in total. The summed E-state index contributed by atoms with van der Waals surface area (Å²) in [7, 11) is -3.55. The van der Waals surface area contributed by atoms with Gasteiger partial charge >= 0.3 is 11.8 Å². The van der Waals surface area contributed by atoms with Gasteiger partial charge in [-0.3, -0.25) is 9.59 Å². The van der Waals surface area contributed by atoms with Crippen LogP contribution in [0.3, 0.4) is 0 Å². The summed E-state index contributed by atoms with van der Waals surface area (Å²) < 4.78 is 27.5. The zero-order valence-electron chi connectivity index (χ0n) is 16.1. The average molecular weight is 408 g/mol. The van der Waals surface area contributed by atoms with Crippen molar-refractivity contribution < 1.29 is 18.0 Å². The van der Waals surface area contributed by atoms with Crippen LogP contribution < -0.4 is 10.6 Å². The van der Waals surface area contributed by atoms with Gasteiger partial charge in [0.25, 0.3) is 0 Å². The predicted molar refractivity (Wildman–Crippen MR) is 106 cm³/mol. The number of nitrogens with one attached hydrogen (secondary N) is 2. The van der Waals surface area contributed by atoms with Crippen LogP contribution in [0.25, 0.3) is 0 Å². The van der Waals surface area contributed by atoms with Gasteiger partial charge in [0.1, 0.15) is 0 Å². The van der Waals surface area contributed by atoms with Crippen molar-refractivity contribution >= 4 is 21.8 Å². The second kappa shape index (κ2) is 9.52. The van der Waals surface area contributed by atoms with Crippen LogP contribution in [0, 0.1) is 0 Å². The summed E-state index contributed by atoms with van der Waals surface area (Å²) in [6, 6.07) is 8.37. The molecule has 1 saturated carbocycles. The molecule has 0 bridgehead atoms. The third-order valence-electron chi connectivity index (χ3n) is 5.58. The second-order valence-electron chi connectivity index (χ2n) is 7.58. The Labute approximate surface area is 166 Å². The molecule has 2 aliphatic rings. The summed E-state index contributed by atoms with van der Waals surface area (Å²) in [4.78, 5) is 24.3. The molecule has 3 rings (SSSR count). The number of hydrogen-bond donors (Lipinski definition) is 2. The highest BCUT2D eigenvalue weighted by molar-refractivity contribution is 7.89. The molecule has 1 atom stereocenters. The van der Waals surface area contributed by atoms with E-state index in [9.17, 15) is 18.0 Å². The van der Waals surface area contributed by atoms with Crippen molar-refractivity contribution in [2.75, 3.05) is 13.1 Å². The van der Waals surface area contributed by atoms with Crippen LogP contribution in [-0.4, -0.2) is 49.7 Å². The molecule has 2 fully saturated rings. The first-order valence-electron chi connectivity index (χ1n) is 10.1. The van der Waals surface area contributed by atoms with Gasteiger partial charge in [-0.1, -0.05) is 37.5 Å². The Morgan fingerprint density at radius 2 is 1.64 bits per heavy atom. The van der Waals surface area contributed by atoms with E-state index in [-0.39, 0.29) is 18.6 Å². The van der Waals surface area contributed by atoms with Crippen molar-refractivity contribution in [3.8, 4) is 0 Å². The molecule has 8 heteroatoms. The van der Waals surface area contributed by atoms with Crippen LogP contribution in [0.5, 0.6) is 0 Å². The van der Waals surface area contributed by atoms with Crippen LogP contribution in [0.2, 0.25) is 0 Å². The number of hydrogen-bond acceptors (Lipinski definition) is 4. The number of sulfonamides is 1. The van der Waals surface area contributed by atoms with Crippen LogP contribution in [0.15, 0.2) is 35.2 Å². The van der Waals surface area contributed by atoms with E-state index < -0.39 is 21.8 Å². The van der Waals surface area contributed by atoms with Crippen LogP contribution in [-0.2, 0) is 19.6 Å². The van der Waals surface area contributed by atoms with Gasteiger partial charge in [0, 0.05) is 25.2 Å². The number of carbonyl (C=O) groups is 2. The lowest BCUT2D eigenvalue weighted by molar-refractivity contribution is -0.139. The van der Waals surface area contributed by atoms with Crippen LogP contribution in [0.4, 0.5) is 0 Å². The summed E-state index contributed by atoms with van der Waals surface area (Å²) in [5.41, 5.74) is 0. The Balaban J connectivity index is 1.53. The molecule has 2 N–H and O–H groups in total. The third-order valence-corrected chi connectivity index (χ3v) is 7.55. The van der Waals surface area contributed by atoms with Gasteiger partial charge in [-0.15, -0.1) is 0 Å². The fourth-order valence-corrected chi connectivity index (χ4v) is 5.81. The highest BCUT2D eigenvalue weighted by atomic mass is 32.2.